The molecular weight excluding hydrogens is 194 g/mol. The standard InChI is InChI=1S/C11H19NO3/c13-11(14)8-12(6-9-3-4-9)7-10-2-1-5-15-10/h9-10H,1-8H2,(H,13,14). The largest absolute Gasteiger partial charge is 0.480 e. The molecule has 1 atom stereocenters. The maximum Gasteiger partial charge on any atom is 0.317 e. The Labute approximate surface area is 90.2 Å². The lowest BCUT2D eigenvalue weighted by molar-refractivity contribution is -0.138. The van der Waals surface area contributed by atoms with Gasteiger partial charge in [-0.1, -0.05) is 0 Å². The maximum atomic E-state index is 10.7. The predicted molar refractivity (Wildman–Crippen MR) is 55.8 cm³/mol. The molecule has 2 rings (SSSR count). The molecule has 0 spiro atoms. The molecule has 0 aromatic rings. The number of carboxylic acid groups (broad SMARTS) is 1. The van der Waals surface area contributed by atoms with Gasteiger partial charge >= 0.3 is 5.97 Å². The van der Waals surface area contributed by atoms with E-state index in [1.807, 2.05) is 4.90 Å². The van der Waals surface area contributed by atoms with Crippen LogP contribution in [0.2, 0.25) is 0 Å². The van der Waals surface area contributed by atoms with E-state index in [-0.39, 0.29) is 12.6 Å². The maximum absolute atomic E-state index is 10.7. The van der Waals surface area contributed by atoms with Crippen LogP contribution in [-0.4, -0.2) is 48.3 Å². The lowest BCUT2D eigenvalue weighted by atomic mass is 10.2. The van der Waals surface area contributed by atoms with E-state index in [1.165, 1.54) is 12.8 Å². The van der Waals surface area contributed by atoms with Gasteiger partial charge in [-0.25, -0.2) is 0 Å². The smallest absolute Gasteiger partial charge is 0.317 e. The van der Waals surface area contributed by atoms with Crippen molar-refractivity contribution in [2.45, 2.75) is 31.8 Å². The van der Waals surface area contributed by atoms with Crippen LogP contribution in [0.1, 0.15) is 25.7 Å². The van der Waals surface area contributed by atoms with Crippen LogP contribution in [0.5, 0.6) is 0 Å². The van der Waals surface area contributed by atoms with Gasteiger partial charge < -0.3 is 9.84 Å². The van der Waals surface area contributed by atoms with Gasteiger partial charge in [0.05, 0.1) is 12.6 Å². The van der Waals surface area contributed by atoms with Crippen LogP contribution in [0.3, 0.4) is 0 Å². The molecular formula is C11H19NO3. The molecule has 0 radical (unpaired) electrons. The summed E-state index contributed by atoms with van der Waals surface area (Å²) >= 11 is 0. The fourth-order valence-electron chi connectivity index (χ4n) is 2.14. The average Bonchev–Trinajstić information content (AvgIpc) is 2.80. The number of hydrogen-bond donors (Lipinski definition) is 1. The van der Waals surface area contributed by atoms with Gasteiger partial charge in [0.15, 0.2) is 0 Å². The Hall–Kier alpha value is -0.610. The topological polar surface area (TPSA) is 49.8 Å². The summed E-state index contributed by atoms with van der Waals surface area (Å²) in [5.74, 6) is 0.0133. The Balaban J connectivity index is 1.76. The molecule has 86 valence electrons. The summed E-state index contributed by atoms with van der Waals surface area (Å²) in [6.45, 7) is 2.74. The Morgan fingerprint density at radius 3 is 2.67 bits per heavy atom. The Bertz CT molecular complexity index is 222. The highest BCUT2D eigenvalue weighted by Gasteiger charge is 2.27. The van der Waals surface area contributed by atoms with E-state index in [9.17, 15) is 4.79 Å². The second kappa shape index (κ2) is 4.94. The van der Waals surface area contributed by atoms with Gasteiger partial charge in [-0.15, -0.1) is 0 Å². The number of carboxylic acids is 1. The number of carbonyl (C=O) groups is 1. The van der Waals surface area contributed by atoms with Gasteiger partial charge in [0.25, 0.3) is 0 Å². The first-order chi connectivity index (χ1) is 7.24. The molecule has 4 heteroatoms. The summed E-state index contributed by atoms with van der Waals surface area (Å²) < 4.78 is 5.53. The normalized spacial score (nSPS) is 26.1. The molecule has 2 fully saturated rings. The number of ether oxygens (including phenoxy) is 1. The summed E-state index contributed by atoms with van der Waals surface area (Å²) in [6.07, 6.45) is 5.00. The zero-order valence-corrected chi connectivity index (χ0v) is 9.02. The van der Waals surface area contributed by atoms with Crippen LogP contribution in [0.25, 0.3) is 0 Å². The molecule has 1 aliphatic carbocycles. The SMILES string of the molecule is O=C(O)CN(CC1CC1)CC1CCCO1. The van der Waals surface area contributed by atoms with Crippen LogP contribution in [0.4, 0.5) is 0 Å². The molecule has 1 heterocycles. The molecule has 1 aliphatic heterocycles. The van der Waals surface area contributed by atoms with E-state index in [0.717, 1.165) is 38.5 Å². The van der Waals surface area contributed by atoms with E-state index in [1.54, 1.807) is 0 Å². The first kappa shape index (κ1) is 10.9. The third-order valence-corrected chi connectivity index (χ3v) is 3.06. The Kier molecular flexibility index (Phi) is 3.59. The highest BCUT2D eigenvalue weighted by Crippen LogP contribution is 2.30. The molecule has 0 amide bonds. The van der Waals surface area contributed by atoms with Crippen molar-refractivity contribution in [2.75, 3.05) is 26.2 Å². The van der Waals surface area contributed by atoms with Crippen LogP contribution in [-0.2, 0) is 9.53 Å². The number of rotatable bonds is 6. The van der Waals surface area contributed by atoms with Crippen molar-refractivity contribution in [1.82, 2.24) is 4.90 Å². The van der Waals surface area contributed by atoms with Crippen LogP contribution >= 0.6 is 0 Å². The molecule has 4 nitrogen and oxygen atoms in total. The van der Waals surface area contributed by atoms with Gasteiger partial charge in [0.2, 0.25) is 0 Å². The van der Waals surface area contributed by atoms with Gasteiger partial charge in [-0.05, 0) is 31.6 Å². The summed E-state index contributed by atoms with van der Waals surface area (Å²) in [4.78, 5) is 12.7. The molecule has 1 unspecified atom stereocenters. The molecule has 0 aromatic heterocycles. The van der Waals surface area contributed by atoms with Crippen molar-refractivity contribution in [3.63, 3.8) is 0 Å². The van der Waals surface area contributed by atoms with Crippen LogP contribution in [0.15, 0.2) is 0 Å². The zero-order valence-electron chi connectivity index (χ0n) is 9.02. The van der Waals surface area contributed by atoms with Crippen molar-refractivity contribution in [3.8, 4) is 0 Å². The molecule has 1 N–H and O–H groups in total. The van der Waals surface area contributed by atoms with Gasteiger partial charge in [0, 0.05) is 19.7 Å². The molecule has 15 heavy (non-hydrogen) atoms. The van der Waals surface area contributed by atoms with E-state index in [2.05, 4.69) is 0 Å². The van der Waals surface area contributed by atoms with Crippen molar-refractivity contribution in [1.29, 1.82) is 0 Å². The second-order valence-electron chi connectivity index (χ2n) is 4.67. The van der Waals surface area contributed by atoms with Crippen LogP contribution < -0.4 is 0 Å². The molecule has 1 saturated heterocycles. The summed E-state index contributed by atoms with van der Waals surface area (Å²) in [7, 11) is 0. The molecule has 1 saturated carbocycles. The Morgan fingerprint density at radius 2 is 2.13 bits per heavy atom. The first-order valence-corrected chi connectivity index (χ1v) is 5.80. The highest BCUT2D eigenvalue weighted by molar-refractivity contribution is 5.69. The van der Waals surface area contributed by atoms with Crippen molar-refractivity contribution in [2.24, 2.45) is 5.92 Å². The fraction of sp³-hybridized carbons (Fsp3) is 0.909. The summed E-state index contributed by atoms with van der Waals surface area (Å²) in [6, 6.07) is 0. The predicted octanol–water partition coefficient (Wildman–Crippen LogP) is 0.962. The van der Waals surface area contributed by atoms with Gasteiger partial charge in [0.1, 0.15) is 0 Å². The van der Waals surface area contributed by atoms with Crippen molar-refractivity contribution >= 4 is 5.97 Å². The van der Waals surface area contributed by atoms with E-state index >= 15 is 0 Å². The average molecular weight is 213 g/mol. The van der Waals surface area contributed by atoms with Crippen LogP contribution in [0, 0.1) is 5.92 Å². The second-order valence-corrected chi connectivity index (χ2v) is 4.67. The first-order valence-electron chi connectivity index (χ1n) is 5.80. The summed E-state index contributed by atoms with van der Waals surface area (Å²) in [5, 5.41) is 8.81. The monoisotopic (exact) mass is 213 g/mol. The minimum Gasteiger partial charge on any atom is -0.480 e. The van der Waals surface area contributed by atoms with Gasteiger partial charge in [-0.2, -0.15) is 0 Å². The number of aliphatic carboxylic acids is 1. The highest BCUT2D eigenvalue weighted by atomic mass is 16.5. The van der Waals surface area contributed by atoms with E-state index in [0.29, 0.717) is 0 Å². The lowest BCUT2D eigenvalue weighted by Crippen LogP contribution is -2.37. The lowest BCUT2D eigenvalue weighted by Gasteiger charge is -2.23. The molecule has 0 bridgehead atoms. The van der Waals surface area contributed by atoms with Crippen molar-refractivity contribution in [3.05, 3.63) is 0 Å². The summed E-state index contributed by atoms with van der Waals surface area (Å²) in [5.41, 5.74) is 0. The quantitative estimate of drug-likeness (QED) is 0.714. The minimum atomic E-state index is -0.728. The molecule has 0 aromatic carbocycles. The Morgan fingerprint density at radius 1 is 1.33 bits per heavy atom. The van der Waals surface area contributed by atoms with Crippen molar-refractivity contribution < 1.29 is 14.6 Å². The number of hydrogen-bond acceptors (Lipinski definition) is 3. The van der Waals surface area contributed by atoms with E-state index in [4.69, 9.17) is 9.84 Å². The minimum absolute atomic E-state index is 0.163. The van der Waals surface area contributed by atoms with Gasteiger partial charge in [-0.3, -0.25) is 9.69 Å². The third kappa shape index (κ3) is 3.80. The third-order valence-electron chi connectivity index (χ3n) is 3.06. The fourth-order valence-corrected chi connectivity index (χ4v) is 2.14. The van der Waals surface area contributed by atoms with E-state index < -0.39 is 5.97 Å². The number of nitrogens with zero attached hydrogens (tertiary/aromatic N) is 1. The molecule has 2 aliphatic rings. The zero-order chi connectivity index (χ0) is 10.7.